The topological polar surface area (TPSA) is 58.7 Å². The Morgan fingerprint density at radius 1 is 1.20 bits per heavy atom. The fourth-order valence-electron chi connectivity index (χ4n) is 3.86. The van der Waals surface area contributed by atoms with E-state index < -0.39 is 5.92 Å². The average Bonchev–Trinajstić information content (AvgIpc) is 3.43. The van der Waals surface area contributed by atoms with Gasteiger partial charge in [-0.1, -0.05) is 59.8 Å². The van der Waals surface area contributed by atoms with Gasteiger partial charge in [0.1, 0.15) is 10.9 Å². The molecule has 0 aliphatic carbocycles. The number of carbonyl (C=O) groups is 1. The van der Waals surface area contributed by atoms with Gasteiger partial charge in [0, 0.05) is 40.8 Å². The lowest BCUT2D eigenvalue weighted by Crippen LogP contribution is -2.11. The SMILES string of the molecule is Cc1cccc(Cn2cc(/C=C3\SC(=N)[C@@H](c4nccs4)C3=O)c3ccccc32)c1. The Hall–Kier alpha value is -2.96. The molecule has 4 nitrogen and oxygen atoms in total. The van der Waals surface area contributed by atoms with Crippen LogP contribution in [0.1, 0.15) is 27.6 Å². The van der Waals surface area contributed by atoms with Crippen LogP contribution in [0.4, 0.5) is 0 Å². The minimum absolute atomic E-state index is 0.0320. The Bertz CT molecular complexity index is 1300. The lowest BCUT2D eigenvalue weighted by Gasteiger charge is -2.06. The number of rotatable bonds is 4. The normalized spacial score (nSPS) is 18.0. The van der Waals surface area contributed by atoms with Crippen LogP contribution in [-0.2, 0) is 11.3 Å². The summed E-state index contributed by atoms with van der Waals surface area (Å²) in [6.07, 6.45) is 5.73. The number of hydrogen-bond acceptors (Lipinski definition) is 5. The first-order chi connectivity index (χ1) is 14.6. The van der Waals surface area contributed by atoms with Crippen LogP contribution >= 0.6 is 23.1 Å². The van der Waals surface area contributed by atoms with Crippen LogP contribution in [0.5, 0.6) is 0 Å². The molecule has 1 N–H and O–H groups in total. The number of allylic oxidation sites excluding steroid dienone is 1. The number of ketones is 1. The number of para-hydroxylation sites is 1. The minimum atomic E-state index is -0.554. The predicted octanol–water partition coefficient (Wildman–Crippen LogP) is 5.87. The van der Waals surface area contributed by atoms with Crippen LogP contribution in [0, 0.1) is 12.3 Å². The fourth-order valence-corrected chi connectivity index (χ4v) is 5.66. The van der Waals surface area contributed by atoms with Gasteiger partial charge in [0.2, 0.25) is 0 Å². The zero-order valence-corrected chi connectivity index (χ0v) is 18.0. The highest BCUT2D eigenvalue weighted by molar-refractivity contribution is 8.19. The zero-order valence-electron chi connectivity index (χ0n) is 16.3. The molecule has 2 aromatic heterocycles. The van der Waals surface area contributed by atoms with Crippen molar-refractivity contribution >= 4 is 50.9 Å². The van der Waals surface area contributed by atoms with Crippen LogP contribution in [0.3, 0.4) is 0 Å². The maximum Gasteiger partial charge on any atom is 0.186 e. The van der Waals surface area contributed by atoms with Crippen molar-refractivity contribution in [1.82, 2.24) is 9.55 Å². The van der Waals surface area contributed by atoms with Crippen LogP contribution in [-0.4, -0.2) is 20.4 Å². The molecule has 30 heavy (non-hydrogen) atoms. The molecule has 148 valence electrons. The van der Waals surface area contributed by atoms with E-state index >= 15 is 0 Å². The predicted molar refractivity (Wildman–Crippen MR) is 125 cm³/mol. The molecule has 0 amide bonds. The van der Waals surface area contributed by atoms with Crippen molar-refractivity contribution in [2.24, 2.45) is 0 Å². The summed E-state index contributed by atoms with van der Waals surface area (Å²) in [5, 5.41) is 12.3. The quantitative estimate of drug-likeness (QED) is 0.413. The Morgan fingerprint density at radius 2 is 2.07 bits per heavy atom. The second-order valence-electron chi connectivity index (χ2n) is 7.36. The fraction of sp³-hybridized carbons (Fsp3) is 0.125. The lowest BCUT2D eigenvalue weighted by molar-refractivity contribution is -0.114. The van der Waals surface area contributed by atoms with E-state index in [4.69, 9.17) is 5.41 Å². The van der Waals surface area contributed by atoms with Gasteiger partial charge in [0.25, 0.3) is 0 Å². The standard InChI is InChI=1S/C24H19N3OS2/c1-15-5-4-6-16(11-15)13-27-14-17(18-7-2-3-8-19(18)27)12-20-22(28)21(23(25)30-20)24-26-9-10-29-24/h2-12,14,21,25H,13H2,1H3/b20-12-,25-23?/t21-/m0/s1. The number of thioether (sulfide) groups is 1. The second-order valence-corrected chi connectivity index (χ2v) is 9.37. The number of hydrogen-bond donors (Lipinski definition) is 1. The monoisotopic (exact) mass is 429 g/mol. The summed E-state index contributed by atoms with van der Waals surface area (Å²) in [6, 6.07) is 16.8. The Balaban J connectivity index is 1.54. The molecular weight excluding hydrogens is 410 g/mol. The summed E-state index contributed by atoms with van der Waals surface area (Å²) in [6.45, 7) is 2.87. The number of carbonyl (C=O) groups excluding carboxylic acids is 1. The van der Waals surface area contributed by atoms with Crippen molar-refractivity contribution in [3.05, 3.63) is 92.9 Å². The van der Waals surface area contributed by atoms with Crippen molar-refractivity contribution in [3.63, 3.8) is 0 Å². The number of benzene rings is 2. The largest absolute Gasteiger partial charge is 0.342 e. The molecule has 0 saturated carbocycles. The van der Waals surface area contributed by atoms with Gasteiger partial charge in [-0.15, -0.1) is 11.3 Å². The van der Waals surface area contributed by atoms with Gasteiger partial charge in [0.05, 0.1) is 9.95 Å². The molecular formula is C24H19N3OS2. The van der Waals surface area contributed by atoms with Gasteiger partial charge in [0.15, 0.2) is 5.78 Å². The summed E-state index contributed by atoms with van der Waals surface area (Å²) in [4.78, 5) is 17.9. The van der Waals surface area contributed by atoms with Crippen LogP contribution in [0.2, 0.25) is 0 Å². The average molecular weight is 430 g/mol. The highest BCUT2D eigenvalue weighted by Crippen LogP contribution is 2.41. The van der Waals surface area contributed by atoms with E-state index in [0.29, 0.717) is 15.0 Å². The smallest absolute Gasteiger partial charge is 0.186 e. The second kappa shape index (κ2) is 7.70. The maximum absolute atomic E-state index is 13.0. The number of aromatic nitrogens is 2. The van der Waals surface area contributed by atoms with Crippen molar-refractivity contribution < 1.29 is 4.79 Å². The molecule has 1 atom stereocenters. The molecule has 0 bridgehead atoms. The molecule has 0 radical (unpaired) electrons. The van der Waals surface area contributed by atoms with Crippen LogP contribution in [0.25, 0.3) is 17.0 Å². The van der Waals surface area contributed by atoms with E-state index in [1.54, 1.807) is 6.20 Å². The maximum atomic E-state index is 13.0. The summed E-state index contributed by atoms with van der Waals surface area (Å²) < 4.78 is 2.23. The highest BCUT2D eigenvalue weighted by atomic mass is 32.2. The molecule has 1 aliphatic heterocycles. The number of nitrogens with zero attached hydrogens (tertiary/aromatic N) is 2. The number of Topliss-reactive ketones (excluding diaryl/α,β-unsaturated/α-hetero) is 1. The third kappa shape index (κ3) is 3.42. The third-order valence-corrected chi connectivity index (χ3v) is 7.06. The molecule has 4 aromatic rings. The van der Waals surface area contributed by atoms with E-state index in [1.807, 2.05) is 23.6 Å². The van der Waals surface area contributed by atoms with E-state index in [-0.39, 0.29) is 5.78 Å². The number of thiazole rings is 1. The summed E-state index contributed by atoms with van der Waals surface area (Å²) >= 11 is 2.68. The third-order valence-electron chi connectivity index (χ3n) is 5.23. The molecule has 1 saturated heterocycles. The number of aryl methyl sites for hydroxylation is 1. The number of fused-ring (bicyclic) bond motifs is 1. The molecule has 6 heteroatoms. The van der Waals surface area contributed by atoms with Crippen molar-refractivity contribution in [2.75, 3.05) is 0 Å². The Morgan fingerprint density at radius 3 is 2.87 bits per heavy atom. The van der Waals surface area contributed by atoms with Gasteiger partial charge < -0.3 is 4.57 Å². The lowest BCUT2D eigenvalue weighted by atomic mass is 10.0. The van der Waals surface area contributed by atoms with E-state index in [1.165, 1.54) is 34.2 Å². The number of nitrogens with one attached hydrogen (secondary N) is 1. The molecule has 5 rings (SSSR count). The van der Waals surface area contributed by atoms with Gasteiger partial charge >= 0.3 is 0 Å². The molecule has 2 aromatic carbocycles. The Kier molecular flexibility index (Phi) is 4.89. The molecule has 0 spiro atoms. The van der Waals surface area contributed by atoms with Crippen molar-refractivity contribution in [2.45, 2.75) is 19.4 Å². The van der Waals surface area contributed by atoms with Crippen molar-refractivity contribution in [3.8, 4) is 0 Å². The van der Waals surface area contributed by atoms with Crippen LogP contribution in [0.15, 0.2) is 71.2 Å². The van der Waals surface area contributed by atoms with Gasteiger partial charge in [-0.2, -0.15) is 0 Å². The van der Waals surface area contributed by atoms with Crippen molar-refractivity contribution in [1.29, 1.82) is 5.41 Å². The van der Waals surface area contributed by atoms with E-state index in [9.17, 15) is 4.79 Å². The molecule has 3 heterocycles. The first-order valence-corrected chi connectivity index (χ1v) is 11.3. The highest BCUT2D eigenvalue weighted by Gasteiger charge is 2.38. The first-order valence-electron chi connectivity index (χ1n) is 9.65. The van der Waals surface area contributed by atoms with E-state index in [2.05, 4.69) is 59.1 Å². The summed E-state index contributed by atoms with van der Waals surface area (Å²) in [7, 11) is 0. The van der Waals surface area contributed by atoms with Gasteiger partial charge in [-0.3, -0.25) is 10.2 Å². The first kappa shape index (κ1) is 19.0. The van der Waals surface area contributed by atoms with Crippen LogP contribution < -0.4 is 0 Å². The van der Waals surface area contributed by atoms with Gasteiger partial charge in [-0.25, -0.2) is 4.98 Å². The summed E-state index contributed by atoms with van der Waals surface area (Å²) in [5.74, 6) is -0.586. The van der Waals surface area contributed by atoms with E-state index in [0.717, 1.165) is 23.0 Å². The Labute approximate surface area is 182 Å². The molecule has 1 aliphatic rings. The minimum Gasteiger partial charge on any atom is -0.342 e. The zero-order chi connectivity index (χ0) is 20.7. The van der Waals surface area contributed by atoms with Gasteiger partial charge in [-0.05, 0) is 24.6 Å². The molecule has 0 unspecified atom stereocenters. The molecule has 1 fully saturated rings. The summed E-state index contributed by atoms with van der Waals surface area (Å²) in [5.41, 5.74) is 4.62.